The molecule has 0 saturated carbocycles. The summed E-state index contributed by atoms with van der Waals surface area (Å²) in [5.41, 5.74) is 4.03. The van der Waals surface area contributed by atoms with Crippen molar-refractivity contribution in [3.05, 3.63) is 40.1 Å². The highest BCUT2D eigenvalue weighted by Gasteiger charge is 2.39. The van der Waals surface area contributed by atoms with Crippen LogP contribution >= 0.6 is 11.3 Å². The molecule has 0 saturated heterocycles. The first-order chi connectivity index (χ1) is 11.2. The summed E-state index contributed by atoms with van der Waals surface area (Å²) in [4.78, 5) is 0.704. The van der Waals surface area contributed by atoms with Gasteiger partial charge in [0.25, 0.3) is 0 Å². The van der Waals surface area contributed by atoms with Gasteiger partial charge in [0.1, 0.15) is 10.9 Å². The fourth-order valence-corrected chi connectivity index (χ4v) is 3.45. The molecule has 120 valence electrons. The van der Waals surface area contributed by atoms with Gasteiger partial charge in [0, 0.05) is 11.3 Å². The molecular formula is C16H19N5OS. The lowest BCUT2D eigenvalue weighted by Crippen LogP contribution is -2.60. The molecule has 1 aliphatic rings. The van der Waals surface area contributed by atoms with Crippen molar-refractivity contribution in [1.29, 1.82) is 5.26 Å². The second-order valence-electron chi connectivity index (χ2n) is 5.18. The van der Waals surface area contributed by atoms with Crippen LogP contribution in [-0.4, -0.2) is 27.5 Å². The van der Waals surface area contributed by atoms with Gasteiger partial charge >= 0.3 is 0 Å². The lowest BCUT2D eigenvalue weighted by Gasteiger charge is -2.42. The minimum atomic E-state index is -0.793. The predicted octanol–water partition coefficient (Wildman–Crippen LogP) is 1.78. The number of nitrogens with zero attached hydrogens (tertiary/aromatic N) is 1. The minimum absolute atomic E-state index is 0.306. The first-order valence-corrected chi connectivity index (χ1v) is 8.16. The molecule has 6 nitrogen and oxygen atoms in total. The Morgan fingerprint density at radius 2 is 2.00 bits per heavy atom. The number of rotatable bonds is 4. The number of fused-ring (bicyclic) bond motifs is 1. The Balaban J connectivity index is 2.08. The van der Waals surface area contributed by atoms with Crippen molar-refractivity contribution in [3.63, 3.8) is 0 Å². The molecule has 4 N–H and O–H groups in total. The average molecular weight is 329 g/mol. The molecule has 1 aromatic heterocycles. The fraction of sp³-hybridized carbons (Fsp3) is 0.312. The molecule has 1 unspecified atom stereocenters. The Morgan fingerprint density at radius 3 is 2.61 bits per heavy atom. The summed E-state index contributed by atoms with van der Waals surface area (Å²) in [5, 5.41) is 23.8. The summed E-state index contributed by atoms with van der Waals surface area (Å²) < 4.78 is 6.07. The monoisotopic (exact) mass is 329 g/mol. The van der Waals surface area contributed by atoms with Gasteiger partial charge in [0.05, 0.1) is 0 Å². The van der Waals surface area contributed by atoms with Gasteiger partial charge < -0.3 is 10.1 Å². The first-order valence-electron chi connectivity index (χ1n) is 7.28. The molecule has 0 spiro atoms. The lowest BCUT2D eigenvalue weighted by molar-refractivity contribution is -0.141. The second kappa shape index (κ2) is 6.28. The van der Waals surface area contributed by atoms with Crippen LogP contribution in [0, 0.1) is 11.3 Å². The third kappa shape index (κ3) is 2.72. The van der Waals surface area contributed by atoms with Gasteiger partial charge in [-0.3, -0.25) is 16.0 Å². The van der Waals surface area contributed by atoms with Crippen molar-refractivity contribution < 1.29 is 4.74 Å². The van der Waals surface area contributed by atoms with Crippen LogP contribution < -0.4 is 21.3 Å². The number of ether oxygens (including phenoxy) is 1. The molecule has 1 aromatic carbocycles. The highest BCUT2D eigenvalue weighted by Crippen LogP contribution is 2.36. The molecule has 0 amide bonds. The number of anilines is 1. The Labute approximate surface area is 139 Å². The van der Waals surface area contributed by atoms with E-state index in [4.69, 9.17) is 10.00 Å². The van der Waals surface area contributed by atoms with Crippen LogP contribution in [0.2, 0.25) is 0 Å². The lowest BCUT2D eigenvalue weighted by atomic mass is 9.99. The molecule has 0 fully saturated rings. The van der Waals surface area contributed by atoms with E-state index in [1.54, 1.807) is 0 Å². The van der Waals surface area contributed by atoms with E-state index in [1.165, 1.54) is 11.3 Å². The molecule has 1 atom stereocenters. The number of thiophene rings is 1. The number of nitrogens with one attached hydrogen (secondary N) is 4. The van der Waals surface area contributed by atoms with Gasteiger partial charge in [-0.25, -0.2) is 0 Å². The van der Waals surface area contributed by atoms with Gasteiger partial charge in [-0.05, 0) is 55.8 Å². The van der Waals surface area contributed by atoms with Crippen LogP contribution in [0.1, 0.15) is 10.4 Å². The zero-order chi connectivity index (χ0) is 16.4. The third-order valence-corrected chi connectivity index (χ3v) is 4.82. The molecule has 2 heterocycles. The van der Waals surface area contributed by atoms with E-state index >= 15 is 0 Å². The highest BCUT2D eigenvalue weighted by atomic mass is 32.1. The summed E-state index contributed by atoms with van der Waals surface area (Å²) in [6, 6.07) is 10.2. The van der Waals surface area contributed by atoms with Crippen LogP contribution in [-0.2, 0) is 10.6 Å². The number of hydrogen-bond acceptors (Lipinski definition) is 7. The topological polar surface area (TPSA) is 81.1 Å². The number of hydrogen-bond donors (Lipinski definition) is 4. The van der Waals surface area contributed by atoms with Gasteiger partial charge in [0.15, 0.2) is 6.35 Å². The largest absolute Gasteiger partial charge is 0.347 e. The quantitative estimate of drug-likeness (QED) is 0.640. The molecule has 0 bridgehead atoms. The summed E-state index contributed by atoms with van der Waals surface area (Å²) in [7, 11) is 5.54. The van der Waals surface area contributed by atoms with Crippen molar-refractivity contribution in [3.8, 4) is 17.2 Å². The van der Waals surface area contributed by atoms with Crippen LogP contribution in [0.15, 0.2) is 29.6 Å². The van der Waals surface area contributed by atoms with Crippen molar-refractivity contribution in [2.45, 2.75) is 12.2 Å². The molecule has 23 heavy (non-hydrogen) atoms. The van der Waals surface area contributed by atoms with E-state index in [2.05, 4.69) is 33.4 Å². The number of benzene rings is 1. The SMILES string of the molecule is CNC1Nc2ccc(-c3csc(C#N)c3)cc2C(NC)(NC)O1. The molecule has 0 aliphatic carbocycles. The zero-order valence-corrected chi connectivity index (χ0v) is 14.0. The molecular weight excluding hydrogens is 310 g/mol. The van der Waals surface area contributed by atoms with Crippen LogP contribution in [0.25, 0.3) is 11.1 Å². The van der Waals surface area contributed by atoms with E-state index in [-0.39, 0.29) is 6.35 Å². The highest BCUT2D eigenvalue weighted by molar-refractivity contribution is 7.10. The van der Waals surface area contributed by atoms with Crippen LogP contribution in [0.5, 0.6) is 0 Å². The summed E-state index contributed by atoms with van der Waals surface area (Å²) >= 11 is 1.45. The molecule has 0 radical (unpaired) electrons. The summed E-state index contributed by atoms with van der Waals surface area (Å²) in [5.74, 6) is -0.793. The van der Waals surface area contributed by atoms with E-state index in [0.717, 1.165) is 22.4 Å². The maximum Gasteiger partial charge on any atom is 0.207 e. The van der Waals surface area contributed by atoms with E-state index in [1.807, 2.05) is 44.7 Å². The Kier molecular flexibility index (Phi) is 4.35. The van der Waals surface area contributed by atoms with E-state index in [9.17, 15) is 0 Å². The maximum atomic E-state index is 9.01. The maximum absolute atomic E-state index is 9.01. The molecule has 3 rings (SSSR count). The summed E-state index contributed by atoms with van der Waals surface area (Å²) in [6.45, 7) is 0. The van der Waals surface area contributed by atoms with Gasteiger partial charge in [0.2, 0.25) is 5.85 Å². The van der Waals surface area contributed by atoms with E-state index < -0.39 is 5.85 Å². The minimum Gasteiger partial charge on any atom is -0.347 e. The van der Waals surface area contributed by atoms with Crippen molar-refractivity contribution in [1.82, 2.24) is 16.0 Å². The van der Waals surface area contributed by atoms with Crippen molar-refractivity contribution in [2.24, 2.45) is 0 Å². The average Bonchev–Trinajstić information content (AvgIpc) is 3.09. The fourth-order valence-electron chi connectivity index (χ4n) is 2.74. The standard InChI is InChI=1S/C16H19N5OS/c1-18-15-21-14-5-4-10(11-6-12(8-17)23-9-11)7-13(14)16(19-2,20-3)22-15/h4-7,9,15,18-21H,1-3H3. The Morgan fingerprint density at radius 1 is 1.22 bits per heavy atom. The van der Waals surface area contributed by atoms with Crippen molar-refractivity contribution >= 4 is 17.0 Å². The first kappa shape index (κ1) is 15.9. The van der Waals surface area contributed by atoms with Gasteiger partial charge in [-0.15, -0.1) is 11.3 Å². The summed E-state index contributed by atoms with van der Waals surface area (Å²) in [6.07, 6.45) is -0.306. The Bertz CT molecular complexity index is 747. The third-order valence-electron chi connectivity index (χ3n) is 3.99. The smallest absolute Gasteiger partial charge is 0.207 e. The number of nitriles is 1. The van der Waals surface area contributed by atoms with Crippen LogP contribution in [0.4, 0.5) is 5.69 Å². The van der Waals surface area contributed by atoms with Crippen molar-refractivity contribution in [2.75, 3.05) is 26.5 Å². The van der Waals surface area contributed by atoms with Crippen LogP contribution in [0.3, 0.4) is 0 Å². The molecule has 2 aromatic rings. The van der Waals surface area contributed by atoms with E-state index in [0.29, 0.717) is 4.88 Å². The predicted molar refractivity (Wildman–Crippen MR) is 91.8 cm³/mol. The Hall–Kier alpha value is -1.95. The normalized spacial score (nSPS) is 18.8. The second-order valence-corrected chi connectivity index (χ2v) is 6.10. The molecule has 1 aliphatic heterocycles. The zero-order valence-electron chi connectivity index (χ0n) is 13.2. The van der Waals surface area contributed by atoms with Gasteiger partial charge in [-0.1, -0.05) is 6.07 Å². The van der Waals surface area contributed by atoms with Gasteiger partial charge in [-0.2, -0.15) is 5.26 Å². The molecule has 7 heteroatoms.